The molecular weight excluding hydrogens is 216 g/mol. The van der Waals surface area contributed by atoms with Gasteiger partial charge in [-0.05, 0) is 18.9 Å². The van der Waals surface area contributed by atoms with Gasteiger partial charge in [0.25, 0.3) is 0 Å². The maximum absolute atomic E-state index is 12.3. The summed E-state index contributed by atoms with van der Waals surface area (Å²) in [5.74, 6) is -0.273. The van der Waals surface area contributed by atoms with Crippen molar-refractivity contribution in [1.29, 1.82) is 0 Å². The number of ketones is 1. The average molecular weight is 234 g/mol. The van der Waals surface area contributed by atoms with Crippen molar-refractivity contribution in [3.05, 3.63) is 24.0 Å². The summed E-state index contributed by atoms with van der Waals surface area (Å²) in [6.45, 7) is 0. The van der Waals surface area contributed by atoms with E-state index in [1.165, 1.54) is 6.20 Å². The second kappa shape index (κ2) is 4.84. The first-order valence-electron chi connectivity index (χ1n) is 6.10. The summed E-state index contributed by atoms with van der Waals surface area (Å²) in [6, 6.07) is 1.59. The van der Waals surface area contributed by atoms with E-state index in [0.717, 1.165) is 25.7 Å². The minimum Gasteiger partial charge on any atom is -0.398 e. The summed E-state index contributed by atoms with van der Waals surface area (Å²) < 4.78 is 0. The van der Waals surface area contributed by atoms with Gasteiger partial charge in [0.05, 0.1) is 5.56 Å². The molecule has 0 aromatic carbocycles. The van der Waals surface area contributed by atoms with Crippen LogP contribution in [0.4, 0.5) is 5.69 Å². The van der Waals surface area contributed by atoms with E-state index in [1.54, 1.807) is 12.3 Å². The van der Waals surface area contributed by atoms with Crippen LogP contribution in [0.5, 0.6) is 0 Å². The number of anilines is 1. The first-order valence-corrected chi connectivity index (χ1v) is 6.10. The Labute approximate surface area is 101 Å². The van der Waals surface area contributed by atoms with Crippen molar-refractivity contribution in [2.75, 3.05) is 5.73 Å². The third-order valence-corrected chi connectivity index (χ3v) is 3.45. The number of pyridine rings is 1. The summed E-state index contributed by atoms with van der Waals surface area (Å²) in [6.07, 6.45) is 7.99. The number of nitrogens with zero attached hydrogens (tertiary/aromatic N) is 1. The molecule has 4 heteroatoms. The smallest absolute Gasteiger partial charge is 0.197 e. The van der Waals surface area contributed by atoms with Crippen LogP contribution in [0.15, 0.2) is 18.5 Å². The maximum atomic E-state index is 12.3. The average Bonchev–Trinajstić information content (AvgIpc) is 2.55. The number of hydrogen-bond acceptors (Lipinski definition) is 4. The number of carbonyl (C=O) groups is 1. The number of nitrogens with two attached hydrogens (primary N) is 1. The predicted octanol–water partition coefficient (Wildman–Crippen LogP) is 1.93. The minimum atomic E-state index is -1.24. The zero-order valence-electron chi connectivity index (χ0n) is 9.85. The van der Waals surface area contributed by atoms with Crippen LogP contribution >= 0.6 is 0 Å². The van der Waals surface area contributed by atoms with Crippen LogP contribution in [-0.4, -0.2) is 21.5 Å². The number of aliphatic hydroxyl groups is 1. The fourth-order valence-corrected chi connectivity index (χ4v) is 2.39. The fraction of sp³-hybridized carbons (Fsp3) is 0.538. The van der Waals surface area contributed by atoms with Crippen molar-refractivity contribution >= 4 is 11.5 Å². The third-order valence-electron chi connectivity index (χ3n) is 3.45. The molecule has 1 aromatic rings. The van der Waals surface area contributed by atoms with Crippen molar-refractivity contribution in [2.45, 2.75) is 44.1 Å². The van der Waals surface area contributed by atoms with E-state index >= 15 is 0 Å². The topological polar surface area (TPSA) is 76.2 Å². The highest BCUT2D eigenvalue weighted by molar-refractivity contribution is 6.05. The Kier molecular flexibility index (Phi) is 3.43. The molecule has 4 nitrogen and oxygen atoms in total. The predicted molar refractivity (Wildman–Crippen MR) is 65.6 cm³/mol. The largest absolute Gasteiger partial charge is 0.398 e. The zero-order valence-corrected chi connectivity index (χ0v) is 9.85. The quantitative estimate of drug-likeness (QED) is 0.605. The molecule has 1 aromatic heterocycles. The van der Waals surface area contributed by atoms with Crippen molar-refractivity contribution < 1.29 is 9.90 Å². The van der Waals surface area contributed by atoms with E-state index in [-0.39, 0.29) is 5.78 Å². The van der Waals surface area contributed by atoms with Crippen LogP contribution in [0.25, 0.3) is 0 Å². The Hall–Kier alpha value is -1.42. The highest BCUT2D eigenvalue weighted by atomic mass is 16.3. The molecule has 0 aliphatic heterocycles. The monoisotopic (exact) mass is 234 g/mol. The van der Waals surface area contributed by atoms with E-state index in [2.05, 4.69) is 4.98 Å². The molecule has 2 rings (SSSR count). The van der Waals surface area contributed by atoms with Crippen LogP contribution in [0.1, 0.15) is 48.9 Å². The molecule has 1 aliphatic rings. The first kappa shape index (κ1) is 12.0. The van der Waals surface area contributed by atoms with Crippen LogP contribution in [0.3, 0.4) is 0 Å². The van der Waals surface area contributed by atoms with Crippen LogP contribution in [0.2, 0.25) is 0 Å². The molecule has 1 aliphatic carbocycles. The lowest BCUT2D eigenvalue weighted by molar-refractivity contribution is 0.0238. The number of nitrogen functional groups attached to an aromatic ring is 1. The molecule has 1 heterocycles. The third kappa shape index (κ3) is 2.47. The molecule has 0 bridgehead atoms. The Morgan fingerprint density at radius 2 is 1.94 bits per heavy atom. The van der Waals surface area contributed by atoms with Crippen molar-refractivity contribution in [3.8, 4) is 0 Å². The van der Waals surface area contributed by atoms with Gasteiger partial charge in [-0.25, -0.2) is 0 Å². The number of carbonyl (C=O) groups excluding carboxylic acids is 1. The van der Waals surface area contributed by atoms with Gasteiger partial charge in [-0.2, -0.15) is 0 Å². The van der Waals surface area contributed by atoms with E-state index < -0.39 is 5.60 Å². The van der Waals surface area contributed by atoms with Crippen molar-refractivity contribution in [3.63, 3.8) is 0 Å². The lowest BCUT2D eigenvalue weighted by atomic mass is 9.86. The molecule has 0 amide bonds. The highest BCUT2D eigenvalue weighted by Gasteiger charge is 2.37. The lowest BCUT2D eigenvalue weighted by Crippen LogP contribution is -2.38. The second-order valence-corrected chi connectivity index (χ2v) is 4.74. The Bertz CT molecular complexity index is 410. The van der Waals surface area contributed by atoms with Crippen LogP contribution in [0, 0.1) is 0 Å². The second-order valence-electron chi connectivity index (χ2n) is 4.74. The molecule has 0 atom stereocenters. The Balaban J connectivity index is 2.27. The highest BCUT2D eigenvalue weighted by Crippen LogP contribution is 2.31. The molecule has 17 heavy (non-hydrogen) atoms. The van der Waals surface area contributed by atoms with Gasteiger partial charge in [-0.15, -0.1) is 0 Å². The number of aromatic nitrogens is 1. The Morgan fingerprint density at radius 1 is 1.29 bits per heavy atom. The summed E-state index contributed by atoms with van der Waals surface area (Å²) in [4.78, 5) is 16.2. The van der Waals surface area contributed by atoms with Crippen molar-refractivity contribution in [2.24, 2.45) is 0 Å². The van der Waals surface area contributed by atoms with E-state index in [9.17, 15) is 9.90 Å². The van der Waals surface area contributed by atoms with Gasteiger partial charge >= 0.3 is 0 Å². The fourth-order valence-electron chi connectivity index (χ4n) is 2.39. The Morgan fingerprint density at radius 3 is 2.53 bits per heavy atom. The molecule has 0 unspecified atom stereocenters. The van der Waals surface area contributed by atoms with Gasteiger partial charge in [0, 0.05) is 18.1 Å². The zero-order chi connectivity index (χ0) is 12.3. The van der Waals surface area contributed by atoms with Gasteiger partial charge in [0.2, 0.25) is 0 Å². The van der Waals surface area contributed by atoms with Crippen molar-refractivity contribution in [1.82, 2.24) is 4.98 Å². The molecule has 0 radical (unpaired) electrons. The summed E-state index contributed by atoms with van der Waals surface area (Å²) in [5, 5.41) is 10.5. The van der Waals surface area contributed by atoms with Gasteiger partial charge in [-0.1, -0.05) is 25.7 Å². The molecular formula is C13H18N2O2. The van der Waals surface area contributed by atoms with Crippen LogP contribution < -0.4 is 5.73 Å². The van der Waals surface area contributed by atoms with Gasteiger partial charge in [0.1, 0.15) is 5.60 Å². The summed E-state index contributed by atoms with van der Waals surface area (Å²) in [7, 11) is 0. The number of Topliss-reactive ketones (excluding diaryl/α,β-unsaturated/α-hetero) is 1. The van der Waals surface area contributed by atoms with Gasteiger partial charge in [-0.3, -0.25) is 9.78 Å². The van der Waals surface area contributed by atoms with E-state index in [4.69, 9.17) is 5.73 Å². The molecule has 92 valence electrons. The number of hydrogen-bond donors (Lipinski definition) is 2. The first-order chi connectivity index (χ1) is 8.13. The SMILES string of the molecule is Nc1ccncc1C(=O)C1(O)CCCCCC1. The molecule has 3 N–H and O–H groups in total. The van der Waals surface area contributed by atoms with E-state index in [1.807, 2.05) is 0 Å². The molecule has 0 spiro atoms. The number of rotatable bonds is 2. The van der Waals surface area contributed by atoms with E-state index in [0.29, 0.717) is 24.1 Å². The molecule has 1 saturated carbocycles. The van der Waals surface area contributed by atoms with Crippen LogP contribution in [-0.2, 0) is 0 Å². The summed E-state index contributed by atoms with van der Waals surface area (Å²) >= 11 is 0. The standard InChI is InChI=1S/C13H18N2O2/c14-11-5-8-15-9-10(11)12(16)13(17)6-3-1-2-4-7-13/h5,8-9,17H,1-4,6-7H2,(H2,14,15). The molecule has 1 fully saturated rings. The molecule has 0 saturated heterocycles. The summed E-state index contributed by atoms with van der Waals surface area (Å²) in [5.41, 5.74) is 5.25. The van der Waals surface area contributed by atoms with Gasteiger partial charge in [0.15, 0.2) is 5.78 Å². The minimum absolute atomic E-state index is 0.273. The maximum Gasteiger partial charge on any atom is 0.197 e. The normalized spacial score (nSPS) is 19.6. The lowest BCUT2D eigenvalue weighted by Gasteiger charge is -2.25. The van der Waals surface area contributed by atoms with Gasteiger partial charge < -0.3 is 10.8 Å².